The normalized spacial score (nSPS) is 13.0. The van der Waals surface area contributed by atoms with Crippen LogP contribution in [-0.2, 0) is 37.3 Å². The second kappa shape index (κ2) is 16.1. The van der Waals surface area contributed by atoms with E-state index in [9.17, 15) is 22.8 Å². The number of ketones is 1. The van der Waals surface area contributed by atoms with Crippen LogP contribution in [0.5, 0.6) is 0 Å². The second-order valence-electron chi connectivity index (χ2n) is 11.5. The van der Waals surface area contributed by atoms with E-state index in [2.05, 4.69) is 23.9 Å². The average Bonchev–Trinajstić information content (AvgIpc) is 3.38. The lowest BCUT2D eigenvalue weighted by Gasteiger charge is -2.35. The number of thiophene rings is 1. The Hall–Kier alpha value is -3.54. The van der Waals surface area contributed by atoms with Crippen LogP contribution in [0.2, 0.25) is 0 Å². The highest BCUT2D eigenvalue weighted by atomic mass is 32.2. The van der Waals surface area contributed by atoms with E-state index in [4.69, 9.17) is 9.47 Å². The monoisotopic (exact) mass is 656 g/mol. The van der Waals surface area contributed by atoms with Gasteiger partial charge < -0.3 is 9.47 Å². The summed E-state index contributed by atoms with van der Waals surface area (Å²) < 4.78 is 38.4. The molecule has 0 aliphatic heterocycles. The molecule has 2 N–H and O–H groups in total. The minimum atomic E-state index is -4.41. The van der Waals surface area contributed by atoms with Crippen molar-refractivity contribution in [2.24, 2.45) is 11.8 Å². The number of carbonyl (C=O) groups is 3. The number of ether oxygens (including phenoxy) is 2. The molecule has 0 aliphatic carbocycles. The number of hydrogen-bond donors (Lipinski definition) is 2. The molecule has 0 spiro atoms. The van der Waals surface area contributed by atoms with Gasteiger partial charge in [0.15, 0.2) is 11.3 Å². The number of anilines is 1. The van der Waals surface area contributed by atoms with Crippen molar-refractivity contribution in [3.63, 3.8) is 0 Å². The first-order valence-corrected chi connectivity index (χ1v) is 17.6. The van der Waals surface area contributed by atoms with Crippen LogP contribution in [0.25, 0.3) is 11.1 Å². The van der Waals surface area contributed by atoms with Gasteiger partial charge in [0, 0.05) is 22.5 Å². The summed E-state index contributed by atoms with van der Waals surface area (Å²) in [5, 5.41) is 2.26. The van der Waals surface area contributed by atoms with E-state index >= 15 is 0 Å². The highest BCUT2D eigenvalue weighted by Crippen LogP contribution is 2.38. The summed E-state index contributed by atoms with van der Waals surface area (Å²) in [7, 11) is -4.41. The van der Waals surface area contributed by atoms with E-state index in [-0.39, 0.29) is 25.5 Å². The molecule has 9 nitrogen and oxygen atoms in total. The van der Waals surface area contributed by atoms with Crippen molar-refractivity contribution < 1.29 is 32.3 Å². The highest BCUT2D eigenvalue weighted by Gasteiger charge is 2.50. The average molecular weight is 657 g/mol. The topological polar surface area (TPSA) is 128 Å². The quantitative estimate of drug-likeness (QED) is 0.0716. The molecule has 0 amide bonds. The van der Waals surface area contributed by atoms with Gasteiger partial charge in [-0.05, 0) is 48.8 Å². The smallest absolute Gasteiger partial charge is 0.445 e. The highest BCUT2D eigenvalue weighted by molar-refractivity contribution is 8.07. The zero-order chi connectivity index (χ0) is 33.2. The molecule has 0 saturated heterocycles. The Morgan fingerprint density at radius 3 is 2.18 bits per heavy atom. The molecule has 11 heteroatoms. The van der Waals surface area contributed by atoms with E-state index in [1.807, 2.05) is 43.3 Å². The summed E-state index contributed by atoms with van der Waals surface area (Å²) >= 11 is 1.29. The summed E-state index contributed by atoms with van der Waals surface area (Å²) in [6.07, 6.45) is 2.08. The zero-order valence-electron chi connectivity index (χ0n) is 26.8. The molecule has 2 aromatic carbocycles. The molecule has 1 heterocycles. The molecule has 45 heavy (non-hydrogen) atoms. The van der Waals surface area contributed by atoms with E-state index in [1.165, 1.54) is 11.3 Å². The van der Waals surface area contributed by atoms with Crippen molar-refractivity contribution >= 4 is 43.4 Å². The largest absolute Gasteiger partial charge is 0.464 e. The maximum Gasteiger partial charge on any atom is 0.445 e. The van der Waals surface area contributed by atoms with Crippen LogP contribution in [0.1, 0.15) is 75.2 Å². The van der Waals surface area contributed by atoms with Gasteiger partial charge in [-0.25, -0.2) is 9.59 Å². The van der Waals surface area contributed by atoms with Gasteiger partial charge in [0.05, 0.1) is 13.2 Å². The van der Waals surface area contributed by atoms with Crippen LogP contribution >= 0.6 is 11.3 Å². The van der Waals surface area contributed by atoms with Crippen LogP contribution in [0.3, 0.4) is 0 Å². The van der Waals surface area contributed by atoms with Crippen LogP contribution in [0.4, 0.5) is 9.80 Å². The van der Waals surface area contributed by atoms with E-state index in [0.29, 0.717) is 28.5 Å². The Kier molecular flexibility index (Phi) is 12.9. The molecule has 3 aromatic rings. The van der Waals surface area contributed by atoms with Gasteiger partial charge in [-0.15, -0.1) is 11.3 Å². The summed E-state index contributed by atoms with van der Waals surface area (Å²) in [6.45, 7) is 11.7. The SMILES string of the molecule is CCCCOC(=O)S(=O)(=O)Nc1sc(CC(C)C)cc1-c1ccc(CNC(C(=O)OCC)(C(=O)c2ccccc2)C(C)C)cc1. The fourth-order valence-electron chi connectivity index (χ4n) is 4.83. The number of sulfonamides is 1. The Morgan fingerprint density at radius 2 is 1.60 bits per heavy atom. The number of esters is 1. The molecule has 0 bridgehead atoms. The van der Waals surface area contributed by atoms with Crippen LogP contribution in [-0.4, -0.2) is 44.2 Å². The molecule has 1 atom stereocenters. The van der Waals surface area contributed by atoms with Crippen LogP contribution in [0.15, 0.2) is 60.7 Å². The molecule has 0 fully saturated rings. The molecule has 0 saturated carbocycles. The van der Waals surface area contributed by atoms with Gasteiger partial charge in [0.25, 0.3) is 0 Å². The molecule has 1 unspecified atom stereocenters. The maximum absolute atomic E-state index is 13.8. The first-order chi connectivity index (χ1) is 21.3. The van der Waals surface area contributed by atoms with Crippen molar-refractivity contribution in [3.8, 4) is 11.1 Å². The van der Waals surface area contributed by atoms with Gasteiger partial charge in [-0.2, -0.15) is 8.42 Å². The van der Waals surface area contributed by atoms with Crippen molar-refractivity contribution in [1.82, 2.24) is 5.32 Å². The van der Waals surface area contributed by atoms with Crippen molar-refractivity contribution in [2.75, 3.05) is 17.9 Å². The van der Waals surface area contributed by atoms with Crippen LogP contribution < -0.4 is 10.0 Å². The minimum absolute atomic E-state index is 0.0346. The Labute approximate surface area is 270 Å². The van der Waals surface area contributed by atoms with Gasteiger partial charge in [0.1, 0.15) is 5.00 Å². The molecule has 0 aliphatic rings. The number of nitrogens with one attached hydrogen (secondary N) is 2. The van der Waals surface area contributed by atoms with E-state index < -0.39 is 32.8 Å². The van der Waals surface area contributed by atoms with Crippen LogP contribution in [0, 0.1) is 11.8 Å². The lowest BCUT2D eigenvalue weighted by Crippen LogP contribution is -2.62. The van der Waals surface area contributed by atoms with Gasteiger partial charge in [-0.3, -0.25) is 14.8 Å². The molecule has 0 radical (unpaired) electrons. The summed E-state index contributed by atoms with van der Waals surface area (Å²) in [5.74, 6) is -1.08. The van der Waals surface area contributed by atoms with Gasteiger partial charge in [0.2, 0.25) is 0 Å². The van der Waals surface area contributed by atoms with Gasteiger partial charge in [-0.1, -0.05) is 95.6 Å². The standard InChI is InChI=1S/C34H44N2O7S2/c1-7-9-19-43-33(39)45(40,41)36-31-29(21-28(44-31)20-23(3)4)26-17-15-25(16-18-26)22-35-34(24(5)6,32(38)42-8-2)30(37)27-13-11-10-12-14-27/h10-18,21,23-24,35-36H,7-9,19-20,22H2,1-6H3. The van der Waals surface area contributed by atoms with E-state index in [1.54, 1.807) is 45.0 Å². The van der Waals surface area contributed by atoms with E-state index in [0.717, 1.165) is 28.8 Å². The van der Waals surface area contributed by atoms with Crippen molar-refractivity contribution in [3.05, 3.63) is 76.7 Å². The Bertz CT molecular complexity index is 1550. The fraction of sp³-hybridized carbons (Fsp3) is 0.441. The third-order valence-corrected chi connectivity index (χ3v) is 9.48. The maximum atomic E-state index is 13.8. The predicted molar refractivity (Wildman–Crippen MR) is 179 cm³/mol. The molecular formula is C34H44N2O7S2. The number of carbonyl (C=O) groups excluding carboxylic acids is 3. The molecule has 3 rings (SSSR count). The number of rotatable bonds is 16. The van der Waals surface area contributed by atoms with Crippen molar-refractivity contribution in [2.45, 2.75) is 72.9 Å². The lowest BCUT2D eigenvalue weighted by atomic mass is 9.79. The number of benzene rings is 2. The molecule has 1 aromatic heterocycles. The summed E-state index contributed by atoms with van der Waals surface area (Å²) in [6, 6.07) is 18.0. The second-order valence-corrected chi connectivity index (χ2v) is 14.2. The third-order valence-electron chi connectivity index (χ3n) is 7.25. The first kappa shape index (κ1) is 35.9. The van der Waals surface area contributed by atoms with Crippen molar-refractivity contribution in [1.29, 1.82) is 0 Å². The molecular weight excluding hydrogens is 613 g/mol. The fourth-order valence-corrected chi connectivity index (χ4v) is 7.14. The summed E-state index contributed by atoms with van der Waals surface area (Å²) in [4.78, 5) is 40.4. The number of Topliss-reactive ketones (excluding diaryl/α,β-unsaturated/α-hetero) is 1. The lowest BCUT2D eigenvalue weighted by molar-refractivity contribution is -0.150. The Morgan fingerprint density at radius 1 is 0.933 bits per heavy atom. The molecule has 244 valence electrons. The Balaban J connectivity index is 1.90. The third kappa shape index (κ3) is 9.02. The first-order valence-electron chi connectivity index (χ1n) is 15.3. The zero-order valence-corrected chi connectivity index (χ0v) is 28.5. The summed E-state index contributed by atoms with van der Waals surface area (Å²) in [5.41, 5.74) is 0.978. The minimum Gasteiger partial charge on any atom is -0.464 e. The van der Waals surface area contributed by atoms with Gasteiger partial charge >= 0.3 is 21.3 Å². The predicted octanol–water partition coefficient (Wildman–Crippen LogP) is 7.22. The number of unbranched alkanes of at least 4 members (excludes halogenated alkanes) is 1. The number of hydrogen-bond acceptors (Lipinski definition) is 9.